The summed E-state index contributed by atoms with van der Waals surface area (Å²) in [6.45, 7) is 2.34. The van der Waals surface area contributed by atoms with Crippen LogP contribution in [0.3, 0.4) is 0 Å². The Morgan fingerprint density at radius 3 is 2.89 bits per heavy atom. The molecule has 1 aromatic carbocycles. The van der Waals surface area contributed by atoms with Crippen LogP contribution in [0.25, 0.3) is 0 Å². The highest BCUT2D eigenvalue weighted by atomic mass is 16.5. The SMILES string of the molecule is COCC1=CCN(c2ccc(CO)cc2C#N)CC1. The predicted molar refractivity (Wildman–Crippen MR) is 73.9 cm³/mol. The standard InChI is InChI=1S/C15H18N2O2/c1-19-11-12-4-6-17(7-5-12)15-3-2-13(10-18)8-14(15)9-16/h2-4,8,18H,5-7,10-11H2,1H3. The fourth-order valence-electron chi connectivity index (χ4n) is 2.29. The van der Waals surface area contributed by atoms with Gasteiger partial charge in [0.1, 0.15) is 6.07 Å². The van der Waals surface area contributed by atoms with Gasteiger partial charge in [-0.05, 0) is 29.7 Å². The number of benzene rings is 1. The second kappa shape index (κ2) is 6.37. The molecular formula is C15H18N2O2. The van der Waals surface area contributed by atoms with Crippen LogP contribution in [0.15, 0.2) is 29.8 Å². The first-order valence-corrected chi connectivity index (χ1v) is 6.34. The van der Waals surface area contributed by atoms with Crippen molar-refractivity contribution in [2.75, 3.05) is 31.7 Å². The van der Waals surface area contributed by atoms with Crippen LogP contribution < -0.4 is 4.90 Å². The molecule has 4 heteroatoms. The van der Waals surface area contributed by atoms with E-state index in [4.69, 9.17) is 9.84 Å². The van der Waals surface area contributed by atoms with Gasteiger partial charge in [-0.3, -0.25) is 0 Å². The van der Waals surface area contributed by atoms with Gasteiger partial charge in [0.15, 0.2) is 0 Å². The number of anilines is 1. The van der Waals surface area contributed by atoms with Crippen molar-refractivity contribution < 1.29 is 9.84 Å². The van der Waals surface area contributed by atoms with Gasteiger partial charge in [0.05, 0.1) is 24.5 Å². The zero-order valence-electron chi connectivity index (χ0n) is 11.1. The Bertz CT molecular complexity index is 517. The van der Waals surface area contributed by atoms with E-state index in [-0.39, 0.29) is 6.61 Å². The number of ether oxygens (including phenoxy) is 1. The Kier molecular flexibility index (Phi) is 4.56. The lowest BCUT2D eigenvalue weighted by atomic mass is 10.0. The van der Waals surface area contributed by atoms with Crippen molar-refractivity contribution in [1.82, 2.24) is 0 Å². The van der Waals surface area contributed by atoms with Crippen LogP contribution in [-0.4, -0.2) is 31.9 Å². The molecule has 1 aliphatic heterocycles. The highest BCUT2D eigenvalue weighted by molar-refractivity contribution is 5.61. The number of hydrogen-bond donors (Lipinski definition) is 1. The first-order valence-electron chi connectivity index (χ1n) is 6.34. The zero-order valence-corrected chi connectivity index (χ0v) is 11.1. The van der Waals surface area contributed by atoms with Crippen LogP contribution in [0.5, 0.6) is 0 Å². The van der Waals surface area contributed by atoms with E-state index in [1.807, 2.05) is 12.1 Å². The Morgan fingerprint density at radius 1 is 1.47 bits per heavy atom. The smallest absolute Gasteiger partial charge is 0.101 e. The lowest BCUT2D eigenvalue weighted by Crippen LogP contribution is -2.30. The van der Waals surface area contributed by atoms with Crippen molar-refractivity contribution in [2.45, 2.75) is 13.0 Å². The minimum atomic E-state index is -0.0349. The van der Waals surface area contributed by atoms with Crippen LogP contribution >= 0.6 is 0 Å². The highest BCUT2D eigenvalue weighted by Crippen LogP contribution is 2.24. The summed E-state index contributed by atoms with van der Waals surface area (Å²) in [4.78, 5) is 2.18. The third-order valence-electron chi connectivity index (χ3n) is 3.34. The summed E-state index contributed by atoms with van der Waals surface area (Å²) in [6.07, 6.45) is 3.12. The van der Waals surface area contributed by atoms with E-state index in [2.05, 4.69) is 17.0 Å². The van der Waals surface area contributed by atoms with Gasteiger partial charge in [0.2, 0.25) is 0 Å². The molecule has 4 nitrogen and oxygen atoms in total. The molecule has 1 N–H and O–H groups in total. The maximum absolute atomic E-state index is 9.21. The van der Waals surface area contributed by atoms with Crippen LogP contribution in [0.1, 0.15) is 17.5 Å². The molecule has 1 aliphatic rings. The molecule has 0 spiro atoms. The van der Waals surface area contributed by atoms with Crippen molar-refractivity contribution in [2.24, 2.45) is 0 Å². The summed E-state index contributed by atoms with van der Waals surface area (Å²) in [6, 6.07) is 7.74. The van der Waals surface area contributed by atoms with Gasteiger partial charge < -0.3 is 14.7 Å². The van der Waals surface area contributed by atoms with Gasteiger partial charge in [0, 0.05) is 20.2 Å². The summed E-state index contributed by atoms with van der Waals surface area (Å²) < 4.78 is 5.13. The summed E-state index contributed by atoms with van der Waals surface area (Å²) in [5.74, 6) is 0. The molecule has 0 aromatic heterocycles. The average molecular weight is 258 g/mol. The number of nitriles is 1. The van der Waals surface area contributed by atoms with E-state index >= 15 is 0 Å². The number of nitrogens with zero attached hydrogens (tertiary/aromatic N) is 2. The zero-order chi connectivity index (χ0) is 13.7. The van der Waals surface area contributed by atoms with Gasteiger partial charge in [0.25, 0.3) is 0 Å². The first-order chi connectivity index (χ1) is 9.28. The Hall–Kier alpha value is -1.83. The summed E-state index contributed by atoms with van der Waals surface area (Å²) >= 11 is 0. The Labute approximate surface area is 113 Å². The molecule has 0 radical (unpaired) electrons. The molecule has 0 aliphatic carbocycles. The average Bonchev–Trinajstić information content (AvgIpc) is 2.48. The second-order valence-electron chi connectivity index (χ2n) is 4.61. The molecule has 1 heterocycles. The lowest BCUT2D eigenvalue weighted by molar-refractivity contribution is 0.222. The van der Waals surface area contributed by atoms with Crippen LogP contribution in [0.4, 0.5) is 5.69 Å². The van der Waals surface area contributed by atoms with Crippen molar-refractivity contribution in [1.29, 1.82) is 5.26 Å². The summed E-state index contributed by atoms with van der Waals surface area (Å²) in [5.41, 5.74) is 3.64. The molecule has 100 valence electrons. The number of aliphatic hydroxyl groups is 1. The molecule has 0 atom stereocenters. The Morgan fingerprint density at radius 2 is 2.32 bits per heavy atom. The lowest BCUT2D eigenvalue weighted by Gasteiger charge is -2.29. The van der Waals surface area contributed by atoms with E-state index in [0.29, 0.717) is 12.2 Å². The minimum Gasteiger partial charge on any atom is -0.392 e. The molecule has 2 rings (SSSR count). The topological polar surface area (TPSA) is 56.5 Å². The van der Waals surface area contributed by atoms with Crippen molar-refractivity contribution >= 4 is 5.69 Å². The molecule has 0 unspecified atom stereocenters. The molecule has 0 saturated heterocycles. The Balaban J connectivity index is 2.18. The quantitative estimate of drug-likeness (QED) is 0.837. The van der Waals surface area contributed by atoms with Gasteiger partial charge >= 0.3 is 0 Å². The monoisotopic (exact) mass is 258 g/mol. The predicted octanol–water partition coefficient (Wildman–Crippen LogP) is 1.83. The molecular weight excluding hydrogens is 240 g/mol. The maximum Gasteiger partial charge on any atom is 0.101 e. The van der Waals surface area contributed by atoms with Gasteiger partial charge in [-0.25, -0.2) is 0 Å². The van der Waals surface area contributed by atoms with E-state index in [1.165, 1.54) is 5.57 Å². The van der Waals surface area contributed by atoms with Crippen molar-refractivity contribution in [3.63, 3.8) is 0 Å². The molecule has 1 aromatic rings. The summed E-state index contributed by atoms with van der Waals surface area (Å²) in [7, 11) is 1.70. The largest absolute Gasteiger partial charge is 0.392 e. The maximum atomic E-state index is 9.21. The van der Waals surface area contributed by atoms with Crippen molar-refractivity contribution in [3.05, 3.63) is 41.0 Å². The fraction of sp³-hybridized carbons (Fsp3) is 0.400. The molecule has 0 saturated carbocycles. The normalized spacial score (nSPS) is 15.0. The number of rotatable bonds is 4. The van der Waals surface area contributed by atoms with Crippen molar-refractivity contribution in [3.8, 4) is 6.07 Å². The third kappa shape index (κ3) is 3.14. The number of methoxy groups -OCH3 is 1. The molecule has 0 amide bonds. The van der Waals surface area contributed by atoms with E-state index in [1.54, 1.807) is 13.2 Å². The summed E-state index contributed by atoms with van der Waals surface area (Å²) in [5, 5.41) is 18.3. The fourth-order valence-corrected chi connectivity index (χ4v) is 2.29. The number of aliphatic hydroxyl groups excluding tert-OH is 1. The highest BCUT2D eigenvalue weighted by Gasteiger charge is 2.15. The van der Waals surface area contributed by atoms with E-state index < -0.39 is 0 Å². The van der Waals surface area contributed by atoms with E-state index in [0.717, 1.165) is 30.8 Å². The van der Waals surface area contributed by atoms with Gasteiger partial charge in [-0.15, -0.1) is 0 Å². The molecule has 0 fully saturated rings. The van der Waals surface area contributed by atoms with Crippen LogP contribution in [0.2, 0.25) is 0 Å². The van der Waals surface area contributed by atoms with Gasteiger partial charge in [-0.1, -0.05) is 12.1 Å². The first kappa shape index (κ1) is 13.6. The van der Waals surface area contributed by atoms with E-state index in [9.17, 15) is 5.26 Å². The van der Waals surface area contributed by atoms with Crippen LogP contribution in [-0.2, 0) is 11.3 Å². The third-order valence-corrected chi connectivity index (χ3v) is 3.34. The minimum absolute atomic E-state index is 0.0349. The second-order valence-corrected chi connectivity index (χ2v) is 4.61. The van der Waals surface area contributed by atoms with Crippen LogP contribution in [0, 0.1) is 11.3 Å². The molecule has 19 heavy (non-hydrogen) atoms. The molecule has 0 bridgehead atoms. The van der Waals surface area contributed by atoms with Gasteiger partial charge in [-0.2, -0.15) is 5.26 Å². The number of hydrogen-bond acceptors (Lipinski definition) is 4.